The Morgan fingerprint density at radius 3 is 1.14 bits per heavy atom. The molecule has 0 N–H and O–H groups in total. The average molecular weight is 1980 g/mol. The topological polar surface area (TPSA) is 151 Å². The van der Waals surface area contributed by atoms with Crippen LogP contribution in [0.3, 0.4) is 0 Å². The smallest absolute Gasteiger partial charge is 0.164 e. The number of ether oxygens (including phenoxy) is 1. The summed E-state index contributed by atoms with van der Waals surface area (Å²) in [6, 6.07) is 12.4. The summed E-state index contributed by atoms with van der Waals surface area (Å²) >= 11 is 0. The summed E-state index contributed by atoms with van der Waals surface area (Å²) in [5, 5.41) is 0. The normalized spacial score (nSPS) is 18.4. The van der Waals surface area contributed by atoms with Gasteiger partial charge in [0.25, 0.3) is 0 Å². The first-order chi connectivity index (χ1) is 66.6. The number of carbonyl (C=O) groups excluding carboxylic acids is 7. The second-order valence-electron chi connectivity index (χ2n) is 49.0. The molecule has 15 heteroatoms. The molecule has 0 aliphatic carbocycles. The van der Waals surface area contributed by atoms with Gasteiger partial charge in [-0.3, -0.25) is 33.6 Å². The highest BCUT2D eigenvalue weighted by Gasteiger charge is 2.42. The minimum atomic E-state index is -0.00527. The van der Waals surface area contributed by atoms with E-state index < -0.39 is 0 Å². The van der Waals surface area contributed by atoms with Crippen LogP contribution in [0.4, 0.5) is 0 Å². The van der Waals surface area contributed by atoms with Crippen LogP contribution in [0.2, 0.25) is 0 Å². The van der Waals surface area contributed by atoms with E-state index in [1.807, 2.05) is 26.0 Å². The zero-order valence-corrected chi connectivity index (χ0v) is 99.1. The highest BCUT2D eigenvalue weighted by molar-refractivity contribution is 6.00. The van der Waals surface area contributed by atoms with Gasteiger partial charge in [-0.1, -0.05) is 310 Å². The standard InChI is InChI=1S/C22H41NO.C21H31NO.C21H39NO.C17H31NO.C17H29NO.C15H27NO2.C14H25NO/c1-6-9-10-11-12-13-14-15-21(24)20-18-23(19(4)5)17-16-22(20,7-2)8-3;1-4-5-6-10-13-20(23)19-17-22(15-14-21(19,2)3)16-18-11-8-7-9-12-18;1-7-8-9-10-11-12-13-14-19(23)20-18(4)22(17(2)3)16-15-21(20,5)6;1-6-7-8-9-16(19)15-13-18(12-14(2)3)11-10-17(15,4)5;1-6-7-8-9-10-16(19)15-13-18(14(2)3)12-11-17(15,4)5;1-6-18-10-7-14(17)13-11-16(12(2)3)9-8-15(13,4)5;1-7-12(16)11-10-15(13(2,3)4)9-8-14(11,5)6/h18-19H,6-17H2,1-5H3;7-9,11-12,17H,4-6,10,13-16H2,1-3H3;17H,7-16H2,1-6H3;13-14H,6-12H2,1-5H3;8-9,13-14H,6-7,10-12H2,1-5H3;11-12H,6-10H2,1-5H3;10H,7-9H2,1-6H3/b;;;;9-8+;;. The molecule has 7 aliphatic heterocycles. The summed E-state index contributed by atoms with van der Waals surface area (Å²) in [7, 11) is 0. The quantitative estimate of drug-likeness (QED) is 0.0449. The molecule has 142 heavy (non-hydrogen) atoms. The lowest BCUT2D eigenvalue weighted by Gasteiger charge is -2.43. The molecule has 7 heterocycles. The molecule has 0 saturated carbocycles. The summed E-state index contributed by atoms with van der Waals surface area (Å²) in [6.07, 6.45) is 59.1. The van der Waals surface area contributed by atoms with E-state index in [1.165, 1.54) is 114 Å². The molecule has 1 aromatic rings. The lowest BCUT2D eigenvalue weighted by molar-refractivity contribution is -0.118. The van der Waals surface area contributed by atoms with Crippen LogP contribution in [0.15, 0.2) is 124 Å². The predicted octanol–water partition coefficient (Wildman–Crippen LogP) is 33.1. The van der Waals surface area contributed by atoms with Crippen molar-refractivity contribution >= 4 is 40.5 Å². The van der Waals surface area contributed by atoms with Crippen molar-refractivity contribution in [2.24, 2.45) is 43.8 Å². The second kappa shape index (κ2) is 66.7. The predicted molar refractivity (Wildman–Crippen MR) is 610 cm³/mol. The largest absolute Gasteiger partial charge is 0.381 e. The molecule has 15 nitrogen and oxygen atoms in total. The highest BCUT2D eigenvalue weighted by Crippen LogP contribution is 2.46. The summed E-state index contributed by atoms with van der Waals surface area (Å²) < 4.78 is 5.28. The van der Waals surface area contributed by atoms with Crippen molar-refractivity contribution in [3.05, 3.63) is 130 Å². The van der Waals surface area contributed by atoms with E-state index in [2.05, 4.69) is 330 Å². The van der Waals surface area contributed by atoms with Crippen molar-refractivity contribution in [3.63, 3.8) is 0 Å². The van der Waals surface area contributed by atoms with Crippen molar-refractivity contribution in [2.45, 2.75) is 529 Å². The Hall–Kier alpha value is -6.61. The maximum absolute atomic E-state index is 12.9. The maximum atomic E-state index is 12.9. The summed E-state index contributed by atoms with van der Waals surface area (Å²) in [5.74, 6) is 2.98. The van der Waals surface area contributed by atoms with Crippen LogP contribution in [0.5, 0.6) is 0 Å². The van der Waals surface area contributed by atoms with Crippen LogP contribution >= 0.6 is 0 Å². The van der Waals surface area contributed by atoms with E-state index in [9.17, 15) is 33.6 Å². The van der Waals surface area contributed by atoms with Crippen LogP contribution in [-0.4, -0.2) is 170 Å². The zero-order valence-electron chi connectivity index (χ0n) is 99.1. The molecule has 1 aromatic carbocycles. The minimum absolute atomic E-state index is 0.00527. The van der Waals surface area contributed by atoms with E-state index in [0.29, 0.717) is 97.9 Å². The fourth-order valence-corrected chi connectivity index (χ4v) is 20.6. The number of carbonyl (C=O) groups is 7. The van der Waals surface area contributed by atoms with Crippen LogP contribution in [0.1, 0.15) is 498 Å². The second-order valence-corrected chi connectivity index (χ2v) is 49.0. The molecular formula is C127H223N7O8. The van der Waals surface area contributed by atoms with Crippen molar-refractivity contribution in [1.82, 2.24) is 34.3 Å². The third-order valence-electron chi connectivity index (χ3n) is 31.3. The van der Waals surface area contributed by atoms with Crippen LogP contribution in [0, 0.1) is 43.8 Å². The van der Waals surface area contributed by atoms with Gasteiger partial charge in [0.2, 0.25) is 0 Å². The van der Waals surface area contributed by atoms with Crippen molar-refractivity contribution in [1.29, 1.82) is 0 Å². The van der Waals surface area contributed by atoms with E-state index in [0.717, 1.165) is 220 Å². The number of hydrogen-bond donors (Lipinski definition) is 0. The molecule has 0 saturated heterocycles. The van der Waals surface area contributed by atoms with Gasteiger partial charge in [0, 0.05) is 227 Å². The first-order valence-electron chi connectivity index (χ1n) is 58.0. The van der Waals surface area contributed by atoms with Gasteiger partial charge >= 0.3 is 0 Å². The Kier molecular flexibility index (Phi) is 61.7. The van der Waals surface area contributed by atoms with Gasteiger partial charge in [-0.25, -0.2) is 0 Å². The average Bonchev–Trinajstić information content (AvgIpc) is 0.787. The van der Waals surface area contributed by atoms with Gasteiger partial charge in [0.1, 0.15) is 0 Å². The Morgan fingerprint density at radius 1 is 0.359 bits per heavy atom. The number of Topliss-reactive ketones (excluding diaryl/α,β-unsaturated/α-hetero) is 7. The molecule has 0 fully saturated rings. The SMILES string of the molecule is CCC(=O)C1=CN(C(C)(C)C)CCC1(C)C.CCC/C=C/CC(=O)C1=CN(C(C)C)CCC1(C)C.CCCCCC(=O)C1=CN(CC(C)C)CCC1(C)C.CCCCCCC(=O)C1=CN(Cc2ccccc2)CCC1(C)C.CCCCCCCCCC(=O)C1=C(C)N(C(C)C)CCC1(C)C.CCCCCCCCCC(=O)C1=CN(C(C)C)CCC1(CC)CC.CCOCCC(=O)C1=CN(C(C)C)CCC1(C)C. The molecule has 8 rings (SSSR count). The number of rotatable bonds is 51. The van der Waals surface area contributed by atoms with E-state index in [1.54, 1.807) is 0 Å². The van der Waals surface area contributed by atoms with Crippen LogP contribution in [-0.2, 0) is 44.8 Å². The molecule has 0 spiro atoms. The summed E-state index contributed by atoms with van der Waals surface area (Å²) in [5.41, 5.74) is 10.2. The van der Waals surface area contributed by atoms with Crippen LogP contribution < -0.4 is 0 Å². The molecule has 0 atom stereocenters. The third-order valence-corrected chi connectivity index (χ3v) is 31.3. The molecule has 0 bridgehead atoms. The van der Waals surface area contributed by atoms with Gasteiger partial charge in [0.05, 0.1) is 6.61 Å². The van der Waals surface area contributed by atoms with E-state index in [-0.39, 0.29) is 55.0 Å². The maximum Gasteiger partial charge on any atom is 0.164 e. The molecule has 0 radical (unpaired) electrons. The molecule has 814 valence electrons. The van der Waals surface area contributed by atoms with E-state index in [4.69, 9.17) is 4.74 Å². The van der Waals surface area contributed by atoms with Gasteiger partial charge in [-0.2, -0.15) is 0 Å². The number of nitrogens with zero attached hydrogens (tertiary/aromatic N) is 7. The minimum Gasteiger partial charge on any atom is -0.381 e. The number of allylic oxidation sites excluding steroid dienone is 10. The number of ketones is 7. The first-order valence-corrected chi connectivity index (χ1v) is 58.0. The first kappa shape index (κ1) is 131. The summed E-state index contributed by atoms with van der Waals surface area (Å²) in [6.45, 7) is 87.1. The van der Waals surface area contributed by atoms with Crippen molar-refractivity contribution in [2.75, 3.05) is 65.6 Å². The number of benzene rings is 1. The Labute approximate surface area is 876 Å². The zero-order chi connectivity index (χ0) is 107. The highest BCUT2D eigenvalue weighted by atomic mass is 16.5. The number of unbranched alkanes of at least 4 members (excludes halogenated alkanes) is 18. The monoisotopic (exact) mass is 1970 g/mol. The lowest BCUT2D eigenvalue weighted by atomic mass is 9.69. The van der Waals surface area contributed by atoms with E-state index >= 15 is 0 Å². The number of hydrogen-bond acceptors (Lipinski definition) is 15. The van der Waals surface area contributed by atoms with Gasteiger partial charge in [-0.05, 0) is 224 Å². The lowest BCUT2D eigenvalue weighted by Crippen LogP contribution is -2.44. The fraction of sp³-hybridized carbons (Fsp3) is 0.772. The molecular weight excluding hydrogens is 1750 g/mol. The van der Waals surface area contributed by atoms with Gasteiger partial charge in [-0.15, -0.1) is 0 Å². The van der Waals surface area contributed by atoms with Crippen molar-refractivity contribution < 1.29 is 38.3 Å². The Bertz CT molecular complexity index is 4100. The Balaban J connectivity index is 0.000000562. The van der Waals surface area contributed by atoms with Gasteiger partial charge in [0.15, 0.2) is 40.5 Å². The summed E-state index contributed by atoms with van der Waals surface area (Å²) in [4.78, 5) is 104. The third kappa shape index (κ3) is 46.8. The van der Waals surface area contributed by atoms with Gasteiger partial charge < -0.3 is 39.0 Å². The Morgan fingerprint density at radius 2 is 0.718 bits per heavy atom. The molecule has 0 unspecified atom stereocenters. The van der Waals surface area contributed by atoms with Crippen LogP contribution in [0.25, 0.3) is 0 Å². The fourth-order valence-electron chi connectivity index (χ4n) is 20.6. The molecule has 0 aromatic heterocycles. The molecule has 0 amide bonds. The van der Waals surface area contributed by atoms with Crippen molar-refractivity contribution in [3.8, 4) is 0 Å². The molecule has 7 aliphatic rings.